The van der Waals surface area contributed by atoms with E-state index in [1.165, 1.54) is 0 Å². The maximum Gasteiger partial charge on any atom is 0.239 e. The van der Waals surface area contributed by atoms with Gasteiger partial charge in [-0.2, -0.15) is 4.98 Å². The minimum Gasteiger partial charge on any atom is -0.355 e. The van der Waals surface area contributed by atoms with Gasteiger partial charge in [-0.05, 0) is 38.0 Å². The average molecular weight is 407 g/mol. The summed E-state index contributed by atoms with van der Waals surface area (Å²) >= 11 is 3.40. The Labute approximate surface area is 153 Å². The molecule has 0 bridgehead atoms. The highest BCUT2D eigenvalue weighted by Crippen LogP contribution is 2.27. The molecule has 2 heterocycles. The first-order valence-corrected chi connectivity index (χ1v) is 8.98. The van der Waals surface area contributed by atoms with Crippen molar-refractivity contribution in [2.24, 2.45) is 5.92 Å². The van der Waals surface area contributed by atoms with Gasteiger partial charge in [-0.15, -0.1) is 0 Å². The molecule has 1 saturated heterocycles. The van der Waals surface area contributed by atoms with Gasteiger partial charge in [0.2, 0.25) is 17.7 Å². The van der Waals surface area contributed by atoms with E-state index in [-0.39, 0.29) is 11.8 Å². The van der Waals surface area contributed by atoms with Gasteiger partial charge in [0.15, 0.2) is 5.82 Å². The number of carbonyl (C=O) groups is 2. The second-order valence-corrected chi connectivity index (χ2v) is 6.86. The summed E-state index contributed by atoms with van der Waals surface area (Å²) in [6, 6.07) is 7.53. The third kappa shape index (κ3) is 4.25. The van der Waals surface area contributed by atoms with Crippen molar-refractivity contribution < 1.29 is 14.1 Å². The van der Waals surface area contributed by atoms with E-state index in [1.54, 1.807) is 11.8 Å². The molecule has 2 amide bonds. The standard InChI is InChI=1S/C17H19BrN4O3/c1-11-20-15(25-21-11)6-3-8-19-16(23)14-7-9-22(17(14)24)13-5-2-4-12(18)10-13/h2,4-5,10,14H,3,6-9H2,1H3,(H,19,23). The lowest BCUT2D eigenvalue weighted by molar-refractivity contribution is -0.132. The van der Waals surface area contributed by atoms with Crippen LogP contribution in [0, 0.1) is 12.8 Å². The number of hydrogen-bond donors (Lipinski definition) is 1. The molecule has 7 nitrogen and oxygen atoms in total. The van der Waals surface area contributed by atoms with Crippen molar-refractivity contribution in [1.29, 1.82) is 0 Å². The topological polar surface area (TPSA) is 88.3 Å². The van der Waals surface area contributed by atoms with Crippen molar-refractivity contribution in [3.05, 3.63) is 40.5 Å². The highest BCUT2D eigenvalue weighted by molar-refractivity contribution is 9.10. The number of rotatable bonds is 6. The fraction of sp³-hybridized carbons (Fsp3) is 0.412. The van der Waals surface area contributed by atoms with Crippen molar-refractivity contribution >= 4 is 33.4 Å². The fourth-order valence-corrected chi connectivity index (χ4v) is 3.23. The second kappa shape index (κ2) is 7.77. The molecule has 1 aromatic carbocycles. The van der Waals surface area contributed by atoms with E-state index in [0.29, 0.717) is 44.1 Å². The highest BCUT2D eigenvalue weighted by Gasteiger charge is 2.37. The summed E-state index contributed by atoms with van der Waals surface area (Å²) in [5.41, 5.74) is 0.807. The summed E-state index contributed by atoms with van der Waals surface area (Å²) in [7, 11) is 0. The Morgan fingerprint density at radius 3 is 3.04 bits per heavy atom. The molecule has 1 fully saturated rings. The van der Waals surface area contributed by atoms with Crippen LogP contribution in [0.3, 0.4) is 0 Å². The molecule has 1 unspecified atom stereocenters. The fourth-order valence-electron chi connectivity index (χ4n) is 2.84. The van der Waals surface area contributed by atoms with Crippen LogP contribution in [0.2, 0.25) is 0 Å². The summed E-state index contributed by atoms with van der Waals surface area (Å²) in [5.74, 6) is 0.171. The molecule has 0 radical (unpaired) electrons. The SMILES string of the molecule is Cc1noc(CCCNC(=O)C2CCN(c3cccc(Br)c3)C2=O)n1. The number of halogens is 1. The maximum atomic E-state index is 12.5. The Morgan fingerprint density at radius 1 is 1.48 bits per heavy atom. The molecule has 0 spiro atoms. The summed E-state index contributed by atoms with van der Waals surface area (Å²) < 4.78 is 5.93. The molecular weight excluding hydrogens is 388 g/mol. The van der Waals surface area contributed by atoms with Gasteiger partial charge < -0.3 is 14.7 Å². The zero-order valence-corrected chi connectivity index (χ0v) is 15.5. The number of aromatic nitrogens is 2. The van der Waals surface area contributed by atoms with Crippen molar-refractivity contribution in [3.63, 3.8) is 0 Å². The van der Waals surface area contributed by atoms with Crippen LogP contribution in [0.5, 0.6) is 0 Å². The van der Waals surface area contributed by atoms with E-state index >= 15 is 0 Å². The average Bonchev–Trinajstić information content (AvgIpc) is 3.17. The number of aryl methyl sites for hydroxylation is 2. The minimum atomic E-state index is -0.621. The number of carbonyl (C=O) groups excluding carboxylic acids is 2. The number of nitrogens with one attached hydrogen (secondary N) is 1. The molecule has 1 aromatic heterocycles. The molecule has 2 aromatic rings. The van der Waals surface area contributed by atoms with Crippen LogP contribution in [-0.4, -0.2) is 35.0 Å². The quantitative estimate of drug-likeness (QED) is 0.586. The first-order valence-electron chi connectivity index (χ1n) is 8.18. The molecule has 1 N–H and O–H groups in total. The number of benzene rings is 1. The maximum absolute atomic E-state index is 12.5. The van der Waals surface area contributed by atoms with Crippen LogP contribution in [0.4, 0.5) is 5.69 Å². The van der Waals surface area contributed by atoms with Gasteiger partial charge in [-0.25, -0.2) is 0 Å². The van der Waals surface area contributed by atoms with Crippen LogP contribution in [0.25, 0.3) is 0 Å². The van der Waals surface area contributed by atoms with E-state index in [2.05, 4.69) is 31.4 Å². The zero-order valence-electron chi connectivity index (χ0n) is 13.9. The van der Waals surface area contributed by atoms with Gasteiger partial charge >= 0.3 is 0 Å². The lowest BCUT2D eigenvalue weighted by Gasteiger charge is -2.17. The van der Waals surface area contributed by atoms with Crippen molar-refractivity contribution in [2.75, 3.05) is 18.0 Å². The van der Waals surface area contributed by atoms with Gasteiger partial charge in [-0.3, -0.25) is 9.59 Å². The number of amides is 2. The molecule has 1 aliphatic heterocycles. The number of hydrogen-bond acceptors (Lipinski definition) is 5. The first kappa shape index (κ1) is 17.6. The van der Waals surface area contributed by atoms with Gasteiger partial charge in [0.25, 0.3) is 0 Å². The van der Waals surface area contributed by atoms with Crippen LogP contribution >= 0.6 is 15.9 Å². The van der Waals surface area contributed by atoms with Gasteiger partial charge in [0, 0.05) is 29.7 Å². The molecule has 132 valence electrons. The summed E-state index contributed by atoms with van der Waals surface area (Å²) in [6.07, 6.45) is 1.81. The summed E-state index contributed by atoms with van der Waals surface area (Å²) in [4.78, 5) is 30.6. The molecule has 0 aliphatic carbocycles. The van der Waals surface area contributed by atoms with Crippen LogP contribution in [0.15, 0.2) is 33.3 Å². The molecular formula is C17H19BrN4O3. The molecule has 1 aliphatic rings. The van der Waals surface area contributed by atoms with E-state index in [0.717, 1.165) is 10.2 Å². The van der Waals surface area contributed by atoms with Crippen molar-refractivity contribution in [1.82, 2.24) is 15.5 Å². The Hall–Kier alpha value is -2.22. The lowest BCUT2D eigenvalue weighted by atomic mass is 10.1. The normalized spacial score (nSPS) is 17.1. The predicted molar refractivity (Wildman–Crippen MR) is 95.0 cm³/mol. The van der Waals surface area contributed by atoms with Gasteiger partial charge in [0.05, 0.1) is 0 Å². The molecule has 3 rings (SSSR count). The van der Waals surface area contributed by atoms with Crippen LogP contribution < -0.4 is 10.2 Å². The largest absolute Gasteiger partial charge is 0.355 e. The molecule has 1 atom stereocenters. The Balaban J connectivity index is 1.48. The first-order chi connectivity index (χ1) is 12.0. The Morgan fingerprint density at radius 2 is 2.32 bits per heavy atom. The third-order valence-corrected chi connectivity index (χ3v) is 4.57. The van der Waals surface area contributed by atoms with Gasteiger partial charge in [0.1, 0.15) is 5.92 Å². The number of anilines is 1. The minimum absolute atomic E-state index is 0.150. The van der Waals surface area contributed by atoms with Crippen LogP contribution in [-0.2, 0) is 16.0 Å². The highest BCUT2D eigenvalue weighted by atomic mass is 79.9. The van der Waals surface area contributed by atoms with Crippen molar-refractivity contribution in [2.45, 2.75) is 26.2 Å². The van der Waals surface area contributed by atoms with Gasteiger partial charge in [-0.1, -0.05) is 27.2 Å². The predicted octanol–water partition coefficient (Wildman–Crippen LogP) is 2.24. The van der Waals surface area contributed by atoms with E-state index in [4.69, 9.17) is 4.52 Å². The third-order valence-electron chi connectivity index (χ3n) is 4.08. The summed E-state index contributed by atoms with van der Waals surface area (Å²) in [6.45, 7) is 2.78. The monoisotopic (exact) mass is 406 g/mol. The lowest BCUT2D eigenvalue weighted by Crippen LogP contribution is -2.37. The second-order valence-electron chi connectivity index (χ2n) is 5.94. The van der Waals surface area contributed by atoms with Crippen molar-refractivity contribution in [3.8, 4) is 0 Å². The van der Waals surface area contributed by atoms with Crippen LogP contribution in [0.1, 0.15) is 24.6 Å². The van der Waals surface area contributed by atoms with E-state index in [9.17, 15) is 9.59 Å². The zero-order chi connectivity index (χ0) is 17.8. The molecule has 0 saturated carbocycles. The van der Waals surface area contributed by atoms with E-state index in [1.807, 2.05) is 24.3 Å². The summed E-state index contributed by atoms with van der Waals surface area (Å²) in [5, 5.41) is 6.55. The number of nitrogens with zero attached hydrogens (tertiary/aromatic N) is 3. The molecule has 25 heavy (non-hydrogen) atoms. The Kier molecular flexibility index (Phi) is 5.47. The van der Waals surface area contributed by atoms with E-state index < -0.39 is 5.92 Å². The molecule has 8 heteroatoms. The smallest absolute Gasteiger partial charge is 0.239 e. The Bertz CT molecular complexity index is 777.